The molecule has 1 aliphatic rings. The van der Waals surface area contributed by atoms with Crippen molar-refractivity contribution in [1.29, 1.82) is 0 Å². The second-order valence-corrected chi connectivity index (χ2v) is 10.3. The molecule has 182 valence electrons. The number of aryl methyl sites for hydroxylation is 2. The summed E-state index contributed by atoms with van der Waals surface area (Å²) in [4.78, 5) is 6.08. The Labute approximate surface area is 195 Å². The van der Waals surface area contributed by atoms with Gasteiger partial charge in [-0.1, -0.05) is 36.4 Å². The molecule has 1 aliphatic heterocycles. The quantitative estimate of drug-likeness (QED) is 0.480. The average molecular weight is 497 g/mol. The highest BCUT2D eigenvalue weighted by Gasteiger charge is 2.51. The minimum Gasteiger partial charge on any atom is -0.361 e. The molecular formula is C23H24F4N4O2S. The fourth-order valence-corrected chi connectivity index (χ4v) is 5.19. The van der Waals surface area contributed by atoms with E-state index in [4.69, 9.17) is 0 Å². The van der Waals surface area contributed by atoms with Crippen LogP contribution >= 0.6 is 0 Å². The Morgan fingerprint density at radius 1 is 1.12 bits per heavy atom. The van der Waals surface area contributed by atoms with Gasteiger partial charge in [0.25, 0.3) is 0 Å². The largest absolute Gasteiger partial charge is 0.511 e. The predicted octanol–water partition coefficient (Wildman–Crippen LogP) is 4.23. The van der Waals surface area contributed by atoms with Crippen LogP contribution in [0.1, 0.15) is 23.2 Å². The van der Waals surface area contributed by atoms with Crippen LogP contribution in [0.25, 0.3) is 0 Å². The van der Waals surface area contributed by atoms with E-state index in [0.29, 0.717) is 34.1 Å². The van der Waals surface area contributed by atoms with E-state index in [0.717, 1.165) is 11.6 Å². The molecule has 1 atom stereocenters. The molecule has 3 aromatic rings. The molecule has 0 saturated heterocycles. The van der Waals surface area contributed by atoms with E-state index in [-0.39, 0.29) is 6.54 Å². The van der Waals surface area contributed by atoms with Crippen LogP contribution in [0.5, 0.6) is 0 Å². The zero-order valence-corrected chi connectivity index (χ0v) is 19.2. The van der Waals surface area contributed by atoms with Crippen LogP contribution in [0.2, 0.25) is 0 Å². The lowest BCUT2D eigenvalue weighted by molar-refractivity contribution is -0.0492. The molecule has 0 amide bonds. The fourth-order valence-electron chi connectivity index (χ4n) is 4.21. The van der Waals surface area contributed by atoms with Gasteiger partial charge in [-0.3, -0.25) is 0 Å². The van der Waals surface area contributed by atoms with Crippen molar-refractivity contribution in [3.8, 4) is 0 Å². The van der Waals surface area contributed by atoms with Crippen LogP contribution in [0.15, 0.2) is 61.1 Å². The van der Waals surface area contributed by atoms with Crippen molar-refractivity contribution in [2.45, 2.75) is 37.5 Å². The van der Waals surface area contributed by atoms with Gasteiger partial charge in [-0.25, -0.2) is 17.8 Å². The number of benzene rings is 2. The van der Waals surface area contributed by atoms with Gasteiger partial charge in [-0.15, -0.1) is 0 Å². The Hall–Kier alpha value is -2.92. The third kappa shape index (κ3) is 5.10. The first-order valence-corrected chi connectivity index (χ1v) is 12.1. The van der Waals surface area contributed by atoms with Crippen LogP contribution < -0.4 is 4.90 Å². The van der Waals surface area contributed by atoms with Crippen molar-refractivity contribution in [1.82, 2.24) is 13.9 Å². The molecule has 0 spiro atoms. The van der Waals surface area contributed by atoms with Crippen molar-refractivity contribution in [3.05, 3.63) is 83.7 Å². The second kappa shape index (κ2) is 9.38. The lowest BCUT2D eigenvalue weighted by Gasteiger charge is -2.34. The van der Waals surface area contributed by atoms with E-state index in [9.17, 15) is 26.0 Å². The van der Waals surface area contributed by atoms with E-state index in [1.807, 2.05) is 30.3 Å². The maximum Gasteiger partial charge on any atom is 0.511 e. The van der Waals surface area contributed by atoms with Gasteiger partial charge >= 0.3 is 15.5 Å². The van der Waals surface area contributed by atoms with Gasteiger partial charge in [0.15, 0.2) is 0 Å². The lowest BCUT2D eigenvalue weighted by Crippen LogP contribution is -2.47. The average Bonchev–Trinajstić information content (AvgIpc) is 3.12. The lowest BCUT2D eigenvalue weighted by atomic mass is 10.0. The van der Waals surface area contributed by atoms with Gasteiger partial charge in [0.05, 0.1) is 18.6 Å². The number of aromatic nitrogens is 2. The molecule has 0 fully saturated rings. The molecule has 2 aromatic carbocycles. The number of hydrogen-bond acceptors (Lipinski definition) is 4. The van der Waals surface area contributed by atoms with Gasteiger partial charge in [0, 0.05) is 38.1 Å². The molecule has 2 heterocycles. The van der Waals surface area contributed by atoms with Gasteiger partial charge in [-0.2, -0.15) is 17.5 Å². The van der Waals surface area contributed by atoms with Crippen molar-refractivity contribution in [2.75, 3.05) is 11.4 Å². The predicted molar refractivity (Wildman–Crippen MR) is 120 cm³/mol. The molecule has 11 heteroatoms. The summed E-state index contributed by atoms with van der Waals surface area (Å²) in [6, 6.07) is 12.4. The van der Waals surface area contributed by atoms with Crippen molar-refractivity contribution >= 4 is 15.7 Å². The molecule has 0 radical (unpaired) electrons. The summed E-state index contributed by atoms with van der Waals surface area (Å²) in [5.41, 5.74) is -3.17. The Kier molecular flexibility index (Phi) is 6.68. The van der Waals surface area contributed by atoms with Crippen LogP contribution in [0.3, 0.4) is 0 Å². The Morgan fingerprint density at radius 3 is 2.50 bits per heavy atom. The monoisotopic (exact) mass is 496 g/mol. The Bertz CT molecular complexity index is 1250. The van der Waals surface area contributed by atoms with Crippen LogP contribution in [0.4, 0.5) is 23.2 Å². The summed E-state index contributed by atoms with van der Waals surface area (Å²) >= 11 is 0. The minimum absolute atomic E-state index is 0.191. The molecule has 34 heavy (non-hydrogen) atoms. The summed E-state index contributed by atoms with van der Waals surface area (Å²) in [6.07, 6.45) is 4.23. The molecule has 0 saturated carbocycles. The van der Waals surface area contributed by atoms with Gasteiger partial charge in [0.1, 0.15) is 5.82 Å². The molecule has 0 N–H and O–H groups in total. The Morgan fingerprint density at radius 2 is 1.85 bits per heavy atom. The van der Waals surface area contributed by atoms with Gasteiger partial charge in [0.2, 0.25) is 0 Å². The summed E-state index contributed by atoms with van der Waals surface area (Å²) in [5, 5.41) is 0. The number of anilines is 1. The second-order valence-electron chi connectivity index (χ2n) is 8.35. The number of imidazole rings is 1. The smallest absolute Gasteiger partial charge is 0.361 e. The number of alkyl halides is 3. The number of halogens is 4. The summed E-state index contributed by atoms with van der Waals surface area (Å²) < 4.78 is 81.8. The van der Waals surface area contributed by atoms with Crippen LogP contribution in [-0.2, 0) is 36.6 Å². The van der Waals surface area contributed by atoms with Crippen LogP contribution in [-0.4, -0.2) is 40.4 Å². The third-order valence-corrected chi connectivity index (χ3v) is 7.43. The number of sulfonamides is 1. The zero-order chi connectivity index (χ0) is 24.5. The van der Waals surface area contributed by atoms with Crippen molar-refractivity contribution in [2.24, 2.45) is 7.05 Å². The number of hydrogen-bond donors (Lipinski definition) is 0. The first-order valence-electron chi connectivity index (χ1n) is 10.7. The highest BCUT2D eigenvalue weighted by Crippen LogP contribution is 2.36. The minimum atomic E-state index is -5.59. The maximum atomic E-state index is 14.3. The molecule has 0 aliphatic carbocycles. The summed E-state index contributed by atoms with van der Waals surface area (Å²) in [6.45, 7) is -0.702. The number of rotatable bonds is 6. The molecule has 1 aromatic heterocycles. The molecular weight excluding hydrogens is 472 g/mol. The van der Waals surface area contributed by atoms with Crippen molar-refractivity contribution in [3.63, 3.8) is 0 Å². The highest BCUT2D eigenvalue weighted by atomic mass is 32.2. The van der Waals surface area contributed by atoms with E-state index < -0.39 is 40.5 Å². The SMILES string of the molecule is Cn1cnc(CN2c3cc(F)ccc3CN(S(=O)(=O)C(F)(F)F)C[C@H]2CCc2ccccc2)c1. The zero-order valence-electron chi connectivity index (χ0n) is 18.4. The van der Waals surface area contributed by atoms with Crippen molar-refractivity contribution < 1.29 is 26.0 Å². The molecule has 0 unspecified atom stereocenters. The van der Waals surface area contributed by atoms with E-state index in [2.05, 4.69) is 4.98 Å². The number of nitrogens with zero attached hydrogens (tertiary/aromatic N) is 4. The molecule has 4 rings (SSSR count). The summed E-state index contributed by atoms with van der Waals surface area (Å²) in [5.74, 6) is -0.557. The first kappa shape index (κ1) is 24.2. The highest BCUT2D eigenvalue weighted by molar-refractivity contribution is 7.89. The van der Waals surface area contributed by atoms with Gasteiger partial charge < -0.3 is 9.47 Å². The molecule has 0 bridgehead atoms. The van der Waals surface area contributed by atoms with E-state index in [1.165, 1.54) is 12.1 Å². The third-order valence-electron chi connectivity index (χ3n) is 5.89. The number of fused-ring (bicyclic) bond motifs is 1. The molecule has 6 nitrogen and oxygen atoms in total. The summed E-state index contributed by atoms with van der Waals surface area (Å²) in [7, 11) is -3.80. The van der Waals surface area contributed by atoms with E-state index in [1.54, 1.807) is 29.0 Å². The first-order chi connectivity index (χ1) is 16.0. The topological polar surface area (TPSA) is 58.4 Å². The standard InChI is InChI=1S/C23H24F4N4O2S/c1-29-13-20(28-16-29)14-31-21(10-7-17-5-3-2-4-6-17)15-30(34(32,33)23(25,26)27)12-18-8-9-19(24)11-22(18)31/h2-6,8-9,11,13,16,21H,7,10,12,14-15H2,1H3/t21-/m1/s1. The van der Waals surface area contributed by atoms with Gasteiger partial charge in [-0.05, 0) is 36.1 Å². The maximum absolute atomic E-state index is 14.3. The van der Waals surface area contributed by atoms with Crippen LogP contribution in [0, 0.1) is 5.82 Å². The van der Waals surface area contributed by atoms with E-state index >= 15 is 0 Å². The Balaban J connectivity index is 1.77. The normalized spacial score (nSPS) is 17.4. The fraction of sp³-hybridized carbons (Fsp3) is 0.348.